The summed E-state index contributed by atoms with van der Waals surface area (Å²) in [6.45, 7) is 0. The topological polar surface area (TPSA) is 83.8 Å². The number of carbonyl (C=O) groups excluding carboxylic acids is 1. The molecule has 1 heterocycles. The number of nitrogen functional groups attached to an aromatic ring is 1. The molecule has 1 aromatic carbocycles. The van der Waals surface area contributed by atoms with Gasteiger partial charge in [0, 0.05) is 0 Å². The van der Waals surface area contributed by atoms with Crippen LogP contribution < -0.4 is 11.3 Å². The third kappa shape index (κ3) is 1.15. The highest BCUT2D eigenvalue weighted by Crippen LogP contribution is 2.13. The van der Waals surface area contributed by atoms with E-state index < -0.39 is 0 Å². The van der Waals surface area contributed by atoms with E-state index >= 15 is 0 Å². The van der Waals surface area contributed by atoms with Crippen LogP contribution in [-0.4, -0.2) is 15.9 Å². The summed E-state index contributed by atoms with van der Waals surface area (Å²) >= 11 is 0. The number of benzene rings is 1. The standard InChI is InChI=1S/C8H8N4O/c9-12-8(13)5-2-1-3-6-7(5)11-4-10-6/h1-4H,9H2,(H,10,11)(H,12,13). The molecule has 0 aliphatic carbocycles. The van der Waals surface area contributed by atoms with Crippen LogP contribution in [0.3, 0.4) is 0 Å². The lowest BCUT2D eigenvalue weighted by Gasteiger charge is -1.99. The third-order valence-electron chi connectivity index (χ3n) is 1.83. The predicted molar refractivity (Wildman–Crippen MR) is 47.7 cm³/mol. The molecule has 4 N–H and O–H groups in total. The number of amides is 1. The van der Waals surface area contributed by atoms with Crippen LogP contribution in [0.4, 0.5) is 0 Å². The van der Waals surface area contributed by atoms with Gasteiger partial charge >= 0.3 is 0 Å². The van der Waals surface area contributed by atoms with Gasteiger partial charge in [0.2, 0.25) is 0 Å². The number of fused-ring (bicyclic) bond motifs is 1. The normalized spacial score (nSPS) is 10.2. The molecule has 0 radical (unpaired) electrons. The third-order valence-corrected chi connectivity index (χ3v) is 1.83. The number of H-pyrrole nitrogens is 1. The molecule has 2 rings (SSSR count). The van der Waals surface area contributed by atoms with Gasteiger partial charge in [-0.2, -0.15) is 0 Å². The number of rotatable bonds is 1. The van der Waals surface area contributed by atoms with Gasteiger partial charge in [0.1, 0.15) is 0 Å². The van der Waals surface area contributed by atoms with E-state index in [0.717, 1.165) is 5.52 Å². The zero-order valence-corrected chi connectivity index (χ0v) is 6.74. The maximum absolute atomic E-state index is 11.2. The van der Waals surface area contributed by atoms with Gasteiger partial charge in [-0.05, 0) is 12.1 Å². The van der Waals surface area contributed by atoms with E-state index in [9.17, 15) is 4.79 Å². The Hall–Kier alpha value is -1.88. The quantitative estimate of drug-likeness (QED) is 0.329. The highest BCUT2D eigenvalue weighted by Gasteiger charge is 2.08. The van der Waals surface area contributed by atoms with Crippen molar-refractivity contribution >= 4 is 16.9 Å². The fraction of sp³-hybridized carbons (Fsp3) is 0. The van der Waals surface area contributed by atoms with Crippen molar-refractivity contribution in [2.75, 3.05) is 0 Å². The van der Waals surface area contributed by atoms with Gasteiger partial charge in [-0.25, -0.2) is 10.8 Å². The van der Waals surface area contributed by atoms with Gasteiger partial charge < -0.3 is 4.98 Å². The van der Waals surface area contributed by atoms with Crippen molar-refractivity contribution in [3.05, 3.63) is 30.1 Å². The second-order valence-corrected chi connectivity index (χ2v) is 2.58. The van der Waals surface area contributed by atoms with E-state index in [1.54, 1.807) is 12.1 Å². The molecule has 0 aliphatic heterocycles. The number of nitrogens with zero attached hydrogens (tertiary/aromatic N) is 1. The molecule has 0 atom stereocenters. The fourth-order valence-corrected chi connectivity index (χ4v) is 1.23. The van der Waals surface area contributed by atoms with Crippen LogP contribution in [-0.2, 0) is 0 Å². The molecule has 1 aromatic heterocycles. The van der Waals surface area contributed by atoms with Gasteiger partial charge in [0.05, 0.1) is 22.9 Å². The molecule has 13 heavy (non-hydrogen) atoms. The van der Waals surface area contributed by atoms with Crippen LogP contribution in [0.15, 0.2) is 24.5 Å². The molecular formula is C8H8N4O. The van der Waals surface area contributed by atoms with Gasteiger partial charge in [-0.1, -0.05) is 6.07 Å². The average molecular weight is 176 g/mol. The van der Waals surface area contributed by atoms with E-state index in [2.05, 4.69) is 15.4 Å². The Labute approximate surface area is 73.9 Å². The summed E-state index contributed by atoms with van der Waals surface area (Å²) < 4.78 is 0. The number of hydrogen-bond acceptors (Lipinski definition) is 3. The van der Waals surface area contributed by atoms with E-state index in [4.69, 9.17) is 5.84 Å². The Balaban J connectivity index is 2.67. The lowest BCUT2D eigenvalue weighted by atomic mass is 10.2. The number of aromatic nitrogens is 2. The Morgan fingerprint density at radius 2 is 2.38 bits per heavy atom. The van der Waals surface area contributed by atoms with Gasteiger partial charge in [-0.3, -0.25) is 10.2 Å². The molecule has 1 amide bonds. The van der Waals surface area contributed by atoms with Crippen molar-refractivity contribution in [1.29, 1.82) is 0 Å². The van der Waals surface area contributed by atoms with Crippen LogP contribution in [0.25, 0.3) is 11.0 Å². The molecule has 66 valence electrons. The first kappa shape index (κ1) is 7.75. The van der Waals surface area contributed by atoms with E-state index in [1.165, 1.54) is 6.33 Å². The summed E-state index contributed by atoms with van der Waals surface area (Å²) in [4.78, 5) is 18.1. The number of aromatic amines is 1. The number of imidazole rings is 1. The predicted octanol–water partition coefficient (Wildman–Crippen LogP) is 0.166. The largest absolute Gasteiger partial charge is 0.344 e. The zero-order valence-electron chi connectivity index (χ0n) is 6.74. The van der Waals surface area contributed by atoms with Crippen molar-refractivity contribution in [3.63, 3.8) is 0 Å². The van der Waals surface area contributed by atoms with Crippen LogP contribution >= 0.6 is 0 Å². The number of hydrazine groups is 1. The Morgan fingerprint density at radius 1 is 1.54 bits per heavy atom. The molecular weight excluding hydrogens is 168 g/mol. The van der Waals surface area contributed by atoms with E-state index in [-0.39, 0.29) is 5.91 Å². The summed E-state index contributed by atoms with van der Waals surface area (Å²) in [5.74, 6) is 4.71. The minimum Gasteiger partial charge on any atom is -0.344 e. The van der Waals surface area contributed by atoms with Crippen molar-refractivity contribution in [3.8, 4) is 0 Å². The maximum atomic E-state index is 11.2. The van der Waals surface area contributed by atoms with Crippen LogP contribution in [0.1, 0.15) is 10.4 Å². The number of para-hydroxylation sites is 1. The highest BCUT2D eigenvalue weighted by atomic mass is 16.2. The number of hydrogen-bond donors (Lipinski definition) is 3. The van der Waals surface area contributed by atoms with Gasteiger partial charge in [0.15, 0.2) is 0 Å². The van der Waals surface area contributed by atoms with E-state index in [1.807, 2.05) is 6.07 Å². The molecule has 0 saturated carbocycles. The second-order valence-electron chi connectivity index (χ2n) is 2.58. The molecule has 0 unspecified atom stereocenters. The molecule has 5 nitrogen and oxygen atoms in total. The van der Waals surface area contributed by atoms with Crippen molar-refractivity contribution in [2.24, 2.45) is 5.84 Å². The Morgan fingerprint density at radius 3 is 3.15 bits per heavy atom. The number of nitrogens with two attached hydrogens (primary N) is 1. The average Bonchev–Trinajstić information content (AvgIpc) is 2.63. The van der Waals surface area contributed by atoms with Crippen LogP contribution in [0, 0.1) is 0 Å². The highest BCUT2D eigenvalue weighted by molar-refractivity contribution is 6.04. The molecule has 0 saturated heterocycles. The molecule has 0 spiro atoms. The Kier molecular flexibility index (Phi) is 1.71. The maximum Gasteiger partial charge on any atom is 0.267 e. The first-order valence-corrected chi connectivity index (χ1v) is 3.76. The Bertz CT molecular complexity index is 448. The summed E-state index contributed by atoms with van der Waals surface area (Å²) in [5, 5.41) is 0. The molecule has 2 aromatic rings. The lowest BCUT2D eigenvalue weighted by Crippen LogP contribution is -2.30. The summed E-state index contributed by atoms with van der Waals surface area (Å²) in [6, 6.07) is 5.26. The summed E-state index contributed by atoms with van der Waals surface area (Å²) in [7, 11) is 0. The molecule has 0 fully saturated rings. The van der Waals surface area contributed by atoms with Gasteiger partial charge in [0.25, 0.3) is 5.91 Å². The monoisotopic (exact) mass is 176 g/mol. The SMILES string of the molecule is NNC(=O)c1cccc2nc[nH]c12. The molecule has 0 aliphatic rings. The fourth-order valence-electron chi connectivity index (χ4n) is 1.23. The summed E-state index contributed by atoms with van der Waals surface area (Å²) in [5.41, 5.74) is 4.02. The van der Waals surface area contributed by atoms with Crippen molar-refractivity contribution < 1.29 is 4.79 Å². The smallest absolute Gasteiger partial charge is 0.267 e. The summed E-state index contributed by atoms with van der Waals surface area (Å²) in [6.07, 6.45) is 1.54. The van der Waals surface area contributed by atoms with Crippen LogP contribution in [0.2, 0.25) is 0 Å². The first-order valence-electron chi connectivity index (χ1n) is 3.76. The minimum absolute atomic E-state index is 0.324. The van der Waals surface area contributed by atoms with Crippen LogP contribution in [0.5, 0.6) is 0 Å². The molecule has 0 bridgehead atoms. The lowest BCUT2D eigenvalue weighted by molar-refractivity contribution is 0.0955. The second kappa shape index (κ2) is 2.87. The molecule has 5 heteroatoms. The number of carbonyl (C=O) groups is 1. The minimum atomic E-state index is -0.324. The number of nitrogens with one attached hydrogen (secondary N) is 2. The van der Waals surface area contributed by atoms with Gasteiger partial charge in [-0.15, -0.1) is 0 Å². The zero-order chi connectivity index (χ0) is 9.26. The first-order chi connectivity index (χ1) is 6.33. The van der Waals surface area contributed by atoms with E-state index in [0.29, 0.717) is 11.1 Å². The van der Waals surface area contributed by atoms with Crippen molar-refractivity contribution in [1.82, 2.24) is 15.4 Å². The van der Waals surface area contributed by atoms with Crippen molar-refractivity contribution in [2.45, 2.75) is 0 Å².